The fraction of sp³-hybridized carbons (Fsp3) is 0.438. The van der Waals surface area contributed by atoms with Crippen molar-refractivity contribution in [2.75, 3.05) is 0 Å². The molecule has 3 heteroatoms. The molecule has 1 heterocycles. The SMILES string of the molecule is Cc1ccc(-c2nn(C)cc2CNC2CC2)c(C)c1. The summed E-state index contributed by atoms with van der Waals surface area (Å²) in [5.41, 5.74) is 6.26. The van der Waals surface area contributed by atoms with Gasteiger partial charge in [0, 0.05) is 37.0 Å². The Kier molecular flexibility index (Phi) is 3.15. The summed E-state index contributed by atoms with van der Waals surface area (Å²) in [4.78, 5) is 0. The van der Waals surface area contributed by atoms with E-state index >= 15 is 0 Å². The van der Waals surface area contributed by atoms with Crippen molar-refractivity contribution >= 4 is 0 Å². The highest BCUT2D eigenvalue weighted by Gasteiger charge is 2.21. The molecule has 1 N–H and O–H groups in total. The Labute approximate surface area is 114 Å². The smallest absolute Gasteiger partial charge is 0.0970 e. The van der Waals surface area contributed by atoms with E-state index < -0.39 is 0 Å². The minimum Gasteiger partial charge on any atom is -0.310 e. The number of benzene rings is 1. The van der Waals surface area contributed by atoms with Crippen molar-refractivity contribution in [2.24, 2.45) is 7.05 Å². The first kappa shape index (κ1) is 12.4. The van der Waals surface area contributed by atoms with E-state index in [0.29, 0.717) is 0 Å². The van der Waals surface area contributed by atoms with Gasteiger partial charge in [-0.3, -0.25) is 4.68 Å². The fourth-order valence-corrected chi connectivity index (χ4v) is 2.51. The lowest BCUT2D eigenvalue weighted by Crippen LogP contribution is -2.15. The lowest BCUT2D eigenvalue weighted by Gasteiger charge is -2.07. The van der Waals surface area contributed by atoms with Crippen LogP contribution in [0.3, 0.4) is 0 Å². The van der Waals surface area contributed by atoms with Crippen molar-refractivity contribution in [1.29, 1.82) is 0 Å². The summed E-state index contributed by atoms with van der Waals surface area (Å²) in [6.07, 6.45) is 4.77. The zero-order valence-electron chi connectivity index (χ0n) is 11.9. The molecule has 1 aromatic carbocycles. The normalized spacial score (nSPS) is 14.9. The van der Waals surface area contributed by atoms with E-state index in [9.17, 15) is 0 Å². The topological polar surface area (TPSA) is 29.9 Å². The van der Waals surface area contributed by atoms with Crippen molar-refractivity contribution in [1.82, 2.24) is 15.1 Å². The van der Waals surface area contributed by atoms with Crippen molar-refractivity contribution < 1.29 is 0 Å². The third kappa shape index (κ3) is 2.71. The molecule has 0 unspecified atom stereocenters. The second-order valence-electron chi connectivity index (χ2n) is 5.65. The molecule has 0 atom stereocenters. The number of aryl methyl sites for hydroxylation is 3. The van der Waals surface area contributed by atoms with Gasteiger partial charge in [-0.25, -0.2) is 0 Å². The second-order valence-corrected chi connectivity index (χ2v) is 5.65. The van der Waals surface area contributed by atoms with Crippen LogP contribution in [-0.4, -0.2) is 15.8 Å². The quantitative estimate of drug-likeness (QED) is 0.910. The molecule has 1 fully saturated rings. The van der Waals surface area contributed by atoms with Crippen molar-refractivity contribution in [3.05, 3.63) is 41.1 Å². The molecule has 1 aromatic heterocycles. The molecule has 3 rings (SSSR count). The molecular weight excluding hydrogens is 234 g/mol. The van der Waals surface area contributed by atoms with E-state index in [1.807, 2.05) is 11.7 Å². The predicted octanol–water partition coefficient (Wildman–Crippen LogP) is 2.96. The maximum absolute atomic E-state index is 4.65. The fourth-order valence-electron chi connectivity index (χ4n) is 2.51. The highest BCUT2D eigenvalue weighted by atomic mass is 15.3. The van der Waals surface area contributed by atoms with E-state index in [4.69, 9.17) is 0 Å². The second kappa shape index (κ2) is 4.82. The summed E-state index contributed by atoms with van der Waals surface area (Å²) in [6.45, 7) is 5.21. The van der Waals surface area contributed by atoms with Gasteiger partial charge in [0.15, 0.2) is 0 Å². The molecule has 0 saturated heterocycles. The van der Waals surface area contributed by atoms with Crippen LogP contribution < -0.4 is 5.32 Å². The number of hydrogen-bond donors (Lipinski definition) is 1. The molecule has 0 radical (unpaired) electrons. The van der Waals surface area contributed by atoms with Gasteiger partial charge in [0.1, 0.15) is 0 Å². The third-order valence-electron chi connectivity index (χ3n) is 3.70. The van der Waals surface area contributed by atoms with Crippen LogP contribution in [0.25, 0.3) is 11.3 Å². The number of rotatable bonds is 4. The van der Waals surface area contributed by atoms with Gasteiger partial charge in [0.2, 0.25) is 0 Å². The summed E-state index contributed by atoms with van der Waals surface area (Å²) in [5, 5.41) is 8.22. The lowest BCUT2D eigenvalue weighted by atomic mass is 10.0. The molecule has 0 bridgehead atoms. The molecule has 19 heavy (non-hydrogen) atoms. The van der Waals surface area contributed by atoms with Gasteiger partial charge in [0.25, 0.3) is 0 Å². The van der Waals surface area contributed by atoms with Crippen LogP contribution in [0.1, 0.15) is 29.5 Å². The first-order chi connectivity index (χ1) is 9.13. The summed E-state index contributed by atoms with van der Waals surface area (Å²) in [5.74, 6) is 0. The van der Waals surface area contributed by atoms with E-state index in [1.165, 1.54) is 35.1 Å². The van der Waals surface area contributed by atoms with Crippen LogP contribution >= 0.6 is 0 Å². The Morgan fingerprint density at radius 1 is 1.32 bits per heavy atom. The molecule has 100 valence electrons. The van der Waals surface area contributed by atoms with Crippen LogP contribution in [0, 0.1) is 13.8 Å². The number of hydrogen-bond acceptors (Lipinski definition) is 2. The standard InChI is InChI=1S/C16H21N3/c1-11-4-7-15(12(2)8-11)16-13(10-19(3)18-16)9-17-14-5-6-14/h4,7-8,10,14,17H,5-6,9H2,1-3H3. The maximum Gasteiger partial charge on any atom is 0.0970 e. The van der Waals surface area contributed by atoms with E-state index in [-0.39, 0.29) is 0 Å². The molecule has 0 amide bonds. The Bertz CT molecular complexity index is 594. The average molecular weight is 255 g/mol. The highest BCUT2D eigenvalue weighted by Crippen LogP contribution is 2.27. The van der Waals surface area contributed by atoms with Crippen LogP contribution in [-0.2, 0) is 13.6 Å². The minimum absolute atomic E-state index is 0.729. The van der Waals surface area contributed by atoms with Crippen molar-refractivity contribution in [2.45, 2.75) is 39.3 Å². The highest BCUT2D eigenvalue weighted by molar-refractivity contribution is 5.67. The van der Waals surface area contributed by atoms with Crippen LogP contribution in [0.2, 0.25) is 0 Å². The number of nitrogens with zero attached hydrogens (tertiary/aromatic N) is 2. The van der Waals surface area contributed by atoms with Crippen molar-refractivity contribution in [3.63, 3.8) is 0 Å². The van der Waals surface area contributed by atoms with Crippen LogP contribution in [0.15, 0.2) is 24.4 Å². The van der Waals surface area contributed by atoms with Gasteiger partial charge in [-0.2, -0.15) is 5.10 Å². The van der Waals surface area contributed by atoms with Crippen LogP contribution in [0.4, 0.5) is 0 Å². The zero-order chi connectivity index (χ0) is 13.4. The number of nitrogens with one attached hydrogen (secondary N) is 1. The van der Waals surface area contributed by atoms with E-state index in [1.54, 1.807) is 0 Å². The zero-order valence-corrected chi connectivity index (χ0v) is 11.9. The van der Waals surface area contributed by atoms with Gasteiger partial charge >= 0.3 is 0 Å². The average Bonchev–Trinajstić information content (AvgIpc) is 3.10. The molecule has 3 nitrogen and oxygen atoms in total. The first-order valence-corrected chi connectivity index (χ1v) is 6.97. The summed E-state index contributed by atoms with van der Waals surface area (Å²) >= 11 is 0. The Morgan fingerprint density at radius 3 is 2.79 bits per heavy atom. The van der Waals surface area contributed by atoms with Gasteiger partial charge in [0.05, 0.1) is 5.69 Å². The minimum atomic E-state index is 0.729. The van der Waals surface area contributed by atoms with E-state index in [0.717, 1.165) is 18.3 Å². The number of aromatic nitrogens is 2. The van der Waals surface area contributed by atoms with Gasteiger partial charge in [-0.05, 0) is 32.3 Å². The molecule has 2 aromatic rings. The van der Waals surface area contributed by atoms with Gasteiger partial charge < -0.3 is 5.32 Å². The molecule has 1 aliphatic carbocycles. The van der Waals surface area contributed by atoms with Crippen molar-refractivity contribution in [3.8, 4) is 11.3 Å². The molecular formula is C16H21N3. The Hall–Kier alpha value is -1.61. The summed E-state index contributed by atoms with van der Waals surface area (Å²) in [7, 11) is 1.99. The summed E-state index contributed by atoms with van der Waals surface area (Å²) in [6, 6.07) is 7.30. The predicted molar refractivity (Wildman–Crippen MR) is 78.0 cm³/mol. The Balaban J connectivity index is 1.93. The molecule has 0 spiro atoms. The van der Waals surface area contributed by atoms with Gasteiger partial charge in [-0.1, -0.05) is 23.8 Å². The Morgan fingerprint density at radius 2 is 2.11 bits per heavy atom. The third-order valence-corrected chi connectivity index (χ3v) is 3.70. The molecule has 1 saturated carbocycles. The lowest BCUT2D eigenvalue weighted by molar-refractivity contribution is 0.687. The molecule has 1 aliphatic rings. The van der Waals surface area contributed by atoms with Crippen LogP contribution in [0.5, 0.6) is 0 Å². The molecule has 0 aliphatic heterocycles. The first-order valence-electron chi connectivity index (χ1n) is 6.97. The van der Waals surface area contributed by atoms with Gasteiger partial charge in [-0.15, -0.1) is 0 Å². The largest absolute Gasteiger partial charge is 0.310 e. The monoisotopic (exact) mass is 255 g/mol. The maximum atomic E-state index is 4.65. The van der Waals surface area contributed by atoms with E-state index in [2.05, 4.69) is 48.7 Å². The summed E-state index contributed by atoms with van der Waals surface area (Å²) < 4.78 is 1.92.